The molecule has 0 radical (unpaired) electrons. The number of rotatable bonds is 4. The van der Waals surface area contributed by atoms with Crippen LogP contribution in [0.25, 0.3) is 0 Å². The number of amides is 2. The highest BCUT2D eigenvalue weighted by Gasteiger charge is 2.34. The number of urea groups is 1. The second kappa shape index (κ2) is 6.23. The summed E-state index contributed by atoms with van der Waals surface area (Å²) in [7, 11) is 0. The number of carbonyl (C=O) groups excluding carboxylic acids is 1. The van der Waals surface area contributed by atoms with E-state index in [1.165, 1.54) is 17.7 Å². The van der Waals surface area contributed by atoms with Gasteiger partial charge in [-0.15, -0.1) is 0 Å². The Morgan fingerprint density at radius 1 is 1.26 bits per heavy atom. The van der Waals surface area contributed by atoms with E-state index in [-0.39, 0.29) is 12.1 Å². The van der Waals surface area contributed by atoms with E-state index >= 15 is 0 Å². The average Bonchev–Trinajstić information content (AvgIpc) is 2.97. The van der Waals surface area contributed by atoms with Crippen LogP contribution in [0, 0.1) is 0 Å². The first kappa shape index (κ1) is 14.1. The summed E-state index contributed by atoms with van der Waals surface area (Å²) in [4.78, 5) is 26.9. The summed E-state index contributed by atoms with van der Waals surface area (Å²) in [5, 5.41) is 12.0. The Balaban J connectivity index is 1.80. The first-order chi connectivity index (χ1) is 9.08. The number of hydrogen-bond acceptors (Lipinski definition) is 3. The van der Waals surface area contributed by atoms with Crippen LogP contribution in [0.5, 0.6) is 0 Å². The predicted octanol–water partition coefficient (Wildman–Crippen LogP) is 0.729. The average molecular weight is 269 g/mol. The SMILES string of the molecule is CC(CN1CCCC1)NC(=O)N1CCCC1C(=O)O. The third-order valence-electron chi connectivity index (χ3n) is 3.90. The van der Waals surface area contributed by atoms with Crippen molar-refractivity contribution in [2.45, 2.75) is 44.7 Å². The molecule has 0 spiro atoms. The quantitative estimate of drug-likeness (QED) is 0.789. The Morgan fingerprint density at radius 2 is 1.95 bits per heavy atom. The molecule has 2 fully saturated rings. The fourth-order valence-corrected chi connectivity index (χ4v) is 2.96. The minimum Gasteiger partial charge on any atom is -0.480 e. The fourth-order valence-electron chi connectivity index (χ4n) is 2.96. The van der Waals surface area contributed by atoms with E-state index in [4.69, 9.17) is 5.11 Å². The summed E-state index contributed by atoms with van der Waals surface area (Å²) >= 11 is 0. The summed E-state index contributed by atoms with van der Waals surface area (Å²) in [6, 6.07) is -0.837. The molecule has 108 valence electrons. The maximum atomic E-state index is 12.1. The van der Waals surface area contributed by atoms with Crippen LogP contribution in [-0.2, 0) is 4.79 Å². The van der Waals surface area contributed by atoms with Gasteiger partial charge in [-0.3, -0.25) is 0 Å². The topological polar surface area (TPSA) is 72.9 Å². The highest BCUT2D eigenvalue weighted by Crippen LogP contribution is 2.17. The molecule has 2 aliphatic rings. The highest BCUT2D eigenvalue weighted by molar-refractivity contribution is 5.83. The maximum Gasteiger partial charge on any atom is 0.326 e. The van der Waals surface area contributed by atoms with Gasteiger partial charge in [-0.25, -0.2) is 9.59 Å². The number of carboxylic acid groups (broad SMARTS) is 1. The van der Waals surface area contributed by atoms with Gasteiger partial charge in [0.15, 0.2) is 0 Å². The highest BCUT2D eigenvalue weighted by atomic mass is 16.4. The molecule has 0 aromatic heterocycles. The molecule has 2 saturated heterocycles. The molecule has 2 rings (SSSR count). The van der Waals surface area contributed by atoms with Gasteiger partial charge in [0.05, 0.1) is 0 Å². The Hall–Kier alpha value is -1.30. The number of likely N-dealkylation sites (tertiary alicyclic amines) is 2. The molecule has 2 aliphatic heterocycles. The lowest BCUT2D eigenvalue weighted by molar-refractivity contribution is -0.141. The van der Waals surface area contributed by atoms with Gasteiger partial charge in [0.2, 0.25) is 0 Å². The molecule has 2 unspecified atom stereocenters. The van der Waals surface area contributed by atoms with E-state index in [0.717, 1.165) is 26.1 Å². The molecule has 0 aliphatic carbocycles. The molecule has 6 heteroatoms. The van der Waals surface area contributed by atoms with E-state index in [2.05, 4.69) is 10.2 Å². The van der Waals surface area contributed by atoms with Crippen LogP contribution in [0.1, 0.15) is 32.6 Å². The fraction of sp³-hybridized carbons (Fsp3) is 0.846. The van der Waals surface area contributed by atoms with Crippen molar-refractivity contribution in [1.82, 2.24) is 15.1 Å². The molecular weight excluding hydrogens is 246 g/mol. The molecule has 2 atom stereocenters. The summed E-state index contributed by atoms with van der Waals surface area (Å²) in [6.07, 6.45) is 3.79. The van der Waals surface area contributed by atoms with E-state index in [0.29, 0.717) is 13.0 Å². The van der Waals surface area contributed by atoms with Crippen LogP contribution < -0.4 is 5.32 Å². The number of carbonyl (C=O) groups is 2. The molecule has 2 N–H and O–H groups in total. The Bertz CT molecular complexity index is 342. The minimum absolute atomic E-state index is 0.0562. The molecule has 0 aromatic rings. The van der Waals surface area contributed by atoms with Crippen LogP contribution in [0.3, 0.4) is 0 Å². The lowest BCUT2D eigenvalue weighted by Gasteiger charge is -2.26. The predicted molar refractivity (Wildman–Crippen MR) is 71.0 cm³/mol. The van der Waals surface area contributed by atoms with E-state index in [1.807, 2.05) is 6.92 Å². The molecule has 2 amide bonds. The lowest BCUT2D eigenvalue weighted by Crippen LogP contribution is -2.50. The van der Waals surface area contributed by atoms with Crippen molar-refractivity contribution in [3.8, 4) is 0 Å². The zero-order valence-electron chi connectivity index (χ0n) is 11.5. The van der Waals surface area contributed by atoms with Crippen molar-refractivity contribution < 1.29 is 14.7 Å². The lowest BCUT2D eigenvalue weighted by atomic mass is 10.2. The Labute approximate surface area is 113 Å². The Kier molecular flexibility index (Phi) is 4.63. The van der Waals surface area contributed by atoms with Crippen molar-refractivity contribution in [2.24, 2.45) is 0 Å². The maximum absolute atomic E-state index is 12.1. The third-order valence-corrected chi connectivity index (χ3v) is 3.90. The summed E-state index contributed by atoms with van der Waals surface area (Å²) in [5.41, 5.74) is 0. The summed E-state index contributed by atoms with van der Waals surface area (Å²) in [6.45, 7) is 5.56. The third kappa shape index (κ3) is 3.59. The van der Waals surface area contributed by atoms with Crippen molar-refractivity contribution in [3.05, 3.63) is 0 Å². The van der Waals surface area contributed by atoms with Gasteiger partial charge in [0.1, 0.15) is 6.04 Å². The minimum atomic E-state index is -0.903. The Morgan fingerprint density at radius 3 is 2.58 bits per heavy atom. The van der Waals surface area contributed by atoms with Crippen LogP contribution >= 0.6 is 0 Å². The normalized spacial score (nSPS) is 25.5. The first-order valence-electron chi connectivity index (χ1n) is 7.10. The zero-order valence-corrected chi connectivity index (χ0v) is 11.5. The molecule has 0 saturated carbocycles. The number of aliphatic carboxylic acids is 1. The number of nitrogens with one attached hydrogen (secondary N) is 1. The summed E-state index contributed by atoms with van der Waals surface area (Å²) in [5.74, 6) is -0.903. The second-order valence-corrected chi connectivity index (χ2v) is 5.55. The van der Waals surface area contributed by atoms with Gasteiger partial charge in [-0.1, -0.05) is 0 Å². The van der Waals surface area contributed by atoms with Crippen molar-refractivity contribution in [3.63, 3.8) is 0 Å². The molecule has 6 nitrogen and oxygen atoms in total. The summed E-state index contributed by atoms with van der Waals surface area (Å²) < 4.78 is 0. The van der Waals surface area contributed by atoms with Gasteiger partial charge in [-0.05, 0) is 45.7 Å². The molecule has 0 bridgehead atoms. The zero-order chi connectivity index (χ0) is 13.8. The van der Waals surface area contributed by atoms with Crippen LogP contribution in [-0.4, -0.2) is 65.2 Å². The van der Waals surface area contributed by atoms with E-state index in [9.17, 15) is 9.59 Å². The standard InChI is InChI=1S/C13H23N3O3/c1-10(9-15-6-2-3-7-15)14-13(19)16-8-4-5-11(16)12(17)18/h10-11H,2-9H2,1H3,(H,14,19)(H,17,18). The van der Waals surface area contributed by atoms with Crippen LogP contribution in [0.15, 0.2) is 0 Å². The monoisotopic (exact) mass is 269 g/mol. The molecule has 2 heterocycles. The van der Waals surface area contributed by atoms with Crippen LogP contribution in [0.2, 0.25) is 0 Å². The van der Waals surface area contributed by atoms with Crippen molar-refractivity contribution in [1.29, 1.82) is 0 Å². The van der Waals surface area contributed by atoms with Gasteiger partial charge in [0, 0.05) is 19.1 Å². The van der Waals surface area contributed by atoms with Crippen molar-refractivity contribution in [2.75, 3.05) is 26.2 Å². The van der Waals surface area contributed by atoms with Crippen LogP contribution in [0.4, 0.5) is 4.79 Å². The van der Waals surface area contributed by atoms with Gasteiger partial charge < -0.3 is 20.2 Å². The van der Waals surface area contributed by atoms with E-state index < -0.39 is 12.0 Å². The van der Waals surface area contributed by atoms with Gasteiger partial charge in [0.25, 0.3) is 0 Å². The number of carboxylic acids is 1. The first-order valence-corrected chi connectivity index (χ1v) is 7.10. The molecule has 0 aromatic carbocycles. The number of hydrogen-bond donors (Lipinski definition) is 2. The van der Waals surface area contributed by atoms with Gasteiger partial charge in [-0.2, -0.15) is 0 Å². The van der Waals surface area contributed by atoms with E-state index in [1.54, 1.807) is 0 Å². The molecule has 19 heavy (non-hydrogen) atoms. The number of nitrogens with zero attached hydrogens (tertiary/aromatic N) is 2. The second-order valence-electron chi connectivity index (χ2n) is 5.55. The molecular formula is C13H23N3O3. The largest absolute Gasteiger partial charge is 0.480 e. The smallest absolute Gasteiger partial charge is 0.326 e. The van der Waals surface area contributed by atoms with Gasteiger partial charge >= 0.3 is 12.0 Å². The van der Waals surface area contributed by atoms with Crippen molar-refractivity contribution >= 4 is 12.0 Å².